The van der Waals surface area contributed by atoms with Gasteiger partial charge in [0.05, 0.1) is 10.5 Å². The second-order valence-corrected chi connectivity index (χ2v) is 3.44. The highest BCUT2D eigenvalue weighted by atomic mass is 35.5. The zero-order chi connectivity index (χ0) is 12.5. The molecule has 0 atom stereocenters. The monoisotopic (exact) mass is 253 g/mol. The van der Waals surface area contributed by atoms with Crippen molar-refractivity contribution in [1.29, 1.82) is 0 Å². The van der Waals surface area contributed by atoms with Crippen LogP contribution in [-0.2, 0) is 12.1 Å². The molecule has 0 N–H and O–H groups in total. The minimum Gasteiger partial charge on any atom is -0.258 e. The van der Waals surface area contributed by atoms with Crippen LogP contribution in [0.4, 0.5) is 18.9 Å². The first-order valence-electron chi connectivity index (χ1n) is 4.18. The van der Waals surface area contributed by atoms with Crippen LogP contribution in [0.1, 0.15) is 16.7 Å². The Morgan fingerprint density at radius 3 is 2.38 bits per heavy atom. The quantitative estimate of drug-likeness (QED) is 0.459. The van der Waals surface area contributed by atoms with Crippen LogP contribution in [-0.4, -0.2) is 4.92 Å². The SMILES string of the molecule is Cc1c([N+](=O)[O-])cc(CCl)cc1C(F)(F)F. The van der Waals surface area contributed by atoms with Gasteiger partial charge in [-0.15, -0.1) is 11.6 Å². The Bertz CT molecular complexity index is 431. The van der Waals surface area contributed by atoms with Gasteiger partial charge < -0.3 is 0 Å². The van der Waals surface area contributed by atoms with Gasteiger partial charge in [0.2, 0.25) is 0 Å². The third-order valence-corrected chi connectivity index (χ3v) is 2.41. The van der Waals surface area contributed by atoms with E-state index in [9.17, 15) is 23.3 Å². The summed E-state index contributed by atoms with van der Waals surface area (Å²) in [6.45, 7) is 1.07. The minimum atomic E-state index is -4.61. The molecule has 88 valence electrons. The fourth-order valence-electron chi connectivity index (χ4n) is 1.32. The van der Waals surface area contributed by atoms with Crippen LogP contribution in [0.3, 0.4) is 0 Å². The summed E-state index contributed by atoms with van der Waals surface area (Å²) in [5, 5.41) is 10.6. The summed E-state index contributed by atoms with van der Waals surface area (Å²) in [6.07, 6.45) is -4.61. The number of halogens is 4. The molecule has 0 aromatic heterocycles. The van der Waals surface area contributed by atoms with E-state index in [1.54, 1.807) is 0 Å². The smallest absolute Gasteiger partial charge is 0.258 e. The standard InChI is InChI=1S/C9H7ClF3NO2/c1-5-7(9(11,12)13)2-6(4-10)3-8(5)14(15)16/h2-3H,4H2,1H3. The van der Waals surface area contributed by atoms with E-state index in [0.29, 0.717) is 0 Å². The molecule has 0 unspecified atom stereocenters. The van der Waals surface area contributed by atoms with Gasteiger partial charge >= 0.3 is 6.18 Å². The number of nitrogens with zero attached hydrogens (tertiary/aromatic N) is 1. The lowest BCUT2D eigenvalue weighted by Gasteiger charge is -2.11. The van der Waals surface area contributed by atoms with E-state index >= 15 is 0 Å². The first-order valence-corrected chi connectivity index (χ1v) is 4.72. The van der Waals surface area contributed by atoms with Crippen LogP contribution in [0.5, 0.6) is 0 Å². The number of nitro groups is 1. The molecule has 16 heavy (non-hydrogen) atoms. The average Bonchev–Trinajstić information content (AvgIpc) is 2.15. The zero-order valence-electron chi connectivity index (χ0n) is 8.14. The summed E-state index contributed by atoms with van der Waals surface area (Å²) < 4.78 is 37.6. The third kappa shape index (κ3) is 2.44. The van der Waals surface area contributed by atoms with E-state index in [-0.39, 0.29) is 11.4 Å². The predicted molar refractivity (Wildman–Crippen MR) is 52.4 cm³/mol. The Morgan fingerprint density at radius 2 is 2.00 bits per heavy atom. The van der Waals surface area contributed by atoms with Crippen molar-refractivity contribution in [2.24, 2.45) is 0 Å². The number of benzene rings is 1. The van der Waals surface area contributed by atoms with Crippen molar-refractivity contribution < 1.29 is 18.1 Å². The lowest BCUT2D eigenvalue weighted by molar-refractivity contribution is -0.385. The fraction of sp³-hybridized carbons (Fsp3) is 0.333. The maximum atomic E-state index is 12.5. The van der Waals surface area contributed by atoms with Gasteiger partial charge in [-0.05, 0) is 18.6 Å². The highest BCUT2D eigenvalue weighted by Gasteiger charge is 2.35. The second kappa shape index (κ2) is 4.29. The summed E-state index contributed by atoms with van der Waals surface area (Å²) in [5.74, 6) is -0.204. The summed E-state index contributed by atoms with van der Waals surface area (Å²) in [6, 6.07) is 1.88. The maximum Gasteiger partial charge on any atom is 0.416 e. The van der Waals surface area contributed by atoms with Gasteiger partial charge in [-0.3, -0.25) is 10.1 Å². The molecule has 0 saturated carbocycles. The Balaban J connectivity index is 3.50. The molecule has 7 heteroatoms. The fourth-order valence-corrected chi connectivity index (χ4v) is 1.47. The average molecular weight is 254 g/mol. The molecule has 1 aromatic carbocycles. The Labute approximate surface area is 94.0 Å². The van der Waals surface area contributed by atoms with E-state index in [0.717, 1.165) is 19.1 Å². The van der Waals surface area contributed by atoms with Gasteiger partial charge in [0, 0.05) is 17.5 Å². The Hall–Kier alpha value is -1.30. The lowest BCUT2D eigenvalue weighted by Crippen LogP contribution is -2.10. The van der Waals surface area contributed by atoms with Crippen LogP contribution < -0.4 is 0 Å². The summed E-state index contributed by atoms with van der Waals surface area (Å²) in [7, 11) is 0. The van der Waals surface area contributed by atoms with Gasteiger partial charge in [-0.2, -0.15) is 13.2 Å². The molecular weight excluding hydrogens is 247 g/mol. The van der Waals surface area contributed by atoms with E-state index in [1.807, 2.05) is 0 Å². The summed E-state index contributed by atoms with van der Waals surface area (Å²) in [4.78, 5) is 9.72. The van der Waals surface area contributed by atoms with E-state index in [1.165, 1.54) is 0 Å². The minimum absolute atomic E-state index is 0.0753. The van der Waals surface area contributed by atoms with Crippen LogP contribution in [0.25, 0.3) is 0 Å². The summed E-state index contributed by atoms with van der Waals surface area (Å²) >= 11 is 5.39. The molecule has 0 saturated heterocycles. The van der Waals surface area contributed by atoms with Crippen molar-refractivity contribution in [2.75, 3.05) is 0 Å². The van der Waals surface area contributed by atoms with Gasteiger partial charge in [0.15, 0.2) is 0 Å². The van der Waals surface area contributed by atoms with Crippen LogP contribution in [0.15, 0.2) is 12.1 Å². The topological polar surface area (TPSA) is 43.1 Å². The van der Waals surface area contributed by atoms with E-state index in [4.69, 9.17) is 11.6 Å². The number of hydrogen-bond donors (Lipinski definition) is 0. The summed E-state index contributed by atoms with van der Waals surface area (Å²) in [5.41, 5.74) is -1.90. The zero-order valence-corrected chi connectivity index (χ0v) is 8.89. The second-order valence-electron chi connectivity index (χ2n) is 3.18. The van der Waals surface area contributed by atoms with Gasteiger partial charge in [0.25, 0.3) is 5.69 Å². The molecule has 0 amide bonds. The normalized spacial score (nSPS) is 11.6. The number of nitro benzene ring substituents is 1. The molecular formula is C9H7ClF3NO2. The molecule has 0 fully saturated rings. The van der Waals surface area contributed by atoms with Crippen molar-refractivity contribution >= 4 is 17.3 Å². The number of alkyl halides is 4. The highest BCUT2D eigenvalue weighted by molar-refractivity contribution is 6.17. The molecule has 1 rings (SSSR count). The van der Waals surface area contributed by atoms with Gasteiger partial charge in [0.1, 0.15) is 0 Å². The first kappa shape index (κ1) is 12.8. The van der Waals surface area contributed by atoms with Crippen molar-refractivity contribution in [3.05, 3.63) is 38.9 Å². The predicted octanol–water partition coefficient (Wildman–Crippen LogP) is 3.66. The molecule has 0 bridgehead atoms. The van der Waals surface area contributed by atoms with Crippen molar-refractivity contribution in [3.8, 4) is 0 Å². The third-order valence-electron chi connectivity index (χ3n) is 2.10. The van der Waals surface area contributed by atoms with Crippen LogP contribution in [0, 0.1) is 17.0 Å². The largest absolute Gasteiger partial charge is 0.416 e. The maximum absolute atomic E-state index is 12.5. The van der Waals surface area contributed by atoms with Crippen molar-refractivity contribution in [2.45, 2.75) is 19.0 Å². The van der Waals surface area contributed by atoms with Crippen molar-refractivity contribution in [3.63, 3.8) is 0 Å². The van der Waals surface area contributed by atoms with E-state index in [2.05, 4.69) is 0 Å². The molecule has 0 heterocycles. The Kier molecular flexibility index (Phi) is 3.42. The van der Waals surface area contributed by atoms with E-state index < -0.39 is 27.9 Å². The Morgan fingerprint density at radius 1 is 1.44 bits per heavy atom. The molecule has 0 spiro atoms. The molecule has 0 aliphatic carbocycles. The molecule has 0 aliphatic rings. The molecule has 1 aromatic rings. The molecule has 3 nitrogen and oxygen atoms in total. The number of hydrogen-bond acceptors (Lipinski definition) is 2. The molecule has 0 radical (unpaired) electrons. The highest BCUT2D eigenvalue weighted by Crippen LogP contribution is 2.36. The molecule has 0 aliphatic heterocycles. The van der Waals surface area contributed by atoms with Gasteiger partial charge in [-0.25, -0.2) is 0 Å². The van der Waals surface area contributed by atoms with Gasteiger partial charge in [-0.1, -0.05) is 0 Å². The number of rotatable bonds is 2. The van der Waals surface area contributed by atoms with Crippen molar-refractivity contribution in [1.82, 2.24) is 0 Å². The first-order chi connectivity index (χ1) is 7.27. The lowest BCUT2D eigenvalue weighted by atomic mass is 10.0. The van der Waals surface area contributed by atoms with Crippen LogP contribution in [0.2, 0.25) is 0 Å². The van der Waals surface area contributed by atoms with Crippen LogP contribution >= 0.6 is 11.6 Å².